The fourth-order valence-corrected chi connectivity index (χ4v) is 3.04. The highest BCUT2D eigenvalue weighted by atomic mass is 79.9. The van der Waals surface area contributed by atoms with Gasteiger partial charge in [-0.15, -0.1) is 0 Å². The number of carbonyl (C=O) groups is 2. The van der Waals surface area contributed by atoms with Gasteiger partial charge in [-0.3, -0.25) is 9.59 Å². The van der Waals surface area contributed by atoms with Crippen molar-refractivity contribution in [3.8, 4) is 0 Å². The summed E-state index contributed by atoms with van der Waals surface area (Å²) in [6.45, 7) is 1.95. The number of rotatable bonds is 4. The SMILES string of the molecule is Cc1ccc(NC(=O)C2(C(=O)Nc3ccccc3F)CC2)c(Br)c1. The van der Waals surface area contributed by atoms with Crippen LogP contribution in [-0.2, 0) is 9.59 Å². The van der Waals surface area contributed by atoms with E-state index in [9.17, 15) is 14.0 Å². The normalized spacial score (nSPS) is 14.8. The van der Waals surface area contributed by atoms with Crippen LogP contribution in [0, 0.1) is 18.2 Å². The summed E-state index contributed by atoms with van der Waals surface area (Å²) in [6, 6.07) is 11.4. The molecule has 0 unspecified atom stereocenters. The predicted octanol–water partition coefficient (Wildman–Crippen LogP) is 4.25. The van der Waals surface area contributed by atoms with Crippen LogP contribution in [0.3, 0.4) is 0 Å². The molecule has 0 aromatic heterocycles. The molecule has 2 N–H and O–H groups in total. The molecule has 3 rings (SSSR count). The first-order valence-electron chi connectivity index (χ1n) is 7.56. The smallest absolute Gasteiger partial charge is 0.240 e. The molecule has 124 valence electrons. The zero-order valence-corrected chi connectivity index (χ0v) is 14.6. The Morgan fingerprint density at radius 3 is 2.25 bits per heavy atom. The molecule has 0 saturated heterocycles. The molecule has 2 aromatic rings. The number of nitrogens with one attached hydrogen (secondary N) is 2. The first kappa shape index (κ1) is 16.6. The van der Waals surface area contributed by atoms with Crippen molar-refractivity contribution >= 4 is 39.1 Å². The highest BCUT2D eigenvalue weighted by Gasteiger charge is 2.56. The van der Waals surface area contributed by atoms with E-state index in [0.717, 1.165) is 10.0 Å². The van der Waals surface area contributed by atoms with E-state index < -0.39 is 17.1 Å². The fourth-order valence-electron chi connectivity index (χ4n) is 2.45. The Morgan fingerprint density at radius 2 is 1.67 bits per heavy atom. The highest BCUT2D eigenvalue weighted by molar-refractivity contribution is 9.10. The number of carbonyl (C=O) groups excluding carboxylic acids is 2. The van der Waals surface area contributed by atoms with Gasteiger partial charge in [-0.1, -0.05) is 18.2 Å². The number of anilines is 2. The summed E-state index contributed by atoms with van der Waals surface area (Å²) in [6.07, 6.45) is 0.894. The maximum Gasteiger partial charge on any atom is 0.240 e. The van der Waals surface area contributed by atoms with E-state index in [4.69, 9.17) is 0 Å². The largest absolute Gasteiger partial charge is 0.324 e. The van der Waals surface area contributed by atoms with E-state index in [2.05, 4.69) is 26.6 Å². The monoisotopic (exact) mass is 390 g/mol. The first-order valence-corrected chi connectivity index (χ1v) is 8.35. The molecule has 0 radical (unpaired) electrons. The lowest BCUT2D eigenvalue weighted by atomic mass is 10.0. The number of aryl methyl sites for hydroxylation is 1. The molecule has 4 nitrogen and oxygen atoms in total. The Bertz CT molecular complexity index is 818. The van der Waals surface area contributed by atoms with Crippen LogP contribution in [-0.4, -0.2) is 11.8 Å². The molecule has 0 aliphatic heterocycles. The number of amides is 2. The minimum atomic E-state index is -1.13. The Hall–Kier alpha value is -2.21. The van der Waals surface area contributed by atoms with Crippen molar-refractivity contribution in [2.45, 2.75) is 19.8 Å². The summed E-state index contributed by atoms with van der Waals surface area (Å²) < 4.78 is 14.4. The molecule has 1 saturated carbocycles. The van der Waals surface area contributed by atoms with E-state index in [1.165, 1.54) is 12.1 Å². The minimum absolute atomic E-state index is 0.0816. The molecule has 0 spiro atoms. The Morgan fingerprint density at radius 1 is 1.04 bits per heavy atom. The van der Waals surface area contributed by atoms with Crippen molar-refractivity contribution in [1.82, 2.24) is 0 Å². The van der Waals surface area contributed by atoms with Crippen molar-refractivity contribution in [3.63, 3.8) is 0 Å². The number of benzene rings is 2. The maximum atomic E-state index is 13.7. The lowest BCUT2D eigenvalue weighted by Gasteiger charge is -2.16. The van der Waals surface area contributed by atoms with Crippen LogP contribution in [0.4, 0.5) is 15.8 Å². The van der Waals surface area contributed by atoms with Crippen LogP contribution in [0.2, 0.25) is 0 Å². The van der Waals surface area contributed by atoms with Crippen LogP contribution in [0.1, 0.15) is 18.4 Å². The fraction of sp³-hybridized carbons (Fsp3) is 0.222. The van der Waals surface area contributed by atoms with Crippen molar-refractivity contribution in [1.29, 1.82) is 0 Å². The molecule has 24 heavy (non-hydrogen) atoms. The number of para-hydroxylation sites is 1. The van der Waals surface area contributed by atoms with E-state index >= 15 is 0 Å². The average molecular weight is 391 g/mol. The molecular weight excluding hydrogens is 375 g/mol. The molecule has 1 fully saturated rings. The lowest BCUT2D eigenvalue weighted by molar-refractivity contribution is -0.131. The van der Waals surface area contributed by atoms with Crippen molar-refractivity contribution in [2.75, 3.05) is 10.6 Å². The number of halogens is 2. The molecule has 0 bridgehead atoms. The van der Waals surface area contributed by atoms with Crippen LogP contribution >= 0.6 is 15.9 Å². The van der Waals surface area contributed by atoms with Crippen LogP contribution in [0.25, 0.3) is 0 Å². The molecule has 2 aromatic carbocycles. The van der Waals surface area contributed by atoms with Gasteiger partial charge >= 0.3 is 0 Å². The van der Waals surface area contributed by atoms with Gasteiger partial charge in [0.1, 0.15) is 11.2 Å². The van der Waals surface area contributed by atoms with E-state index in [1.54, 1.807) is 18.2 Å². The maximum absolute atomic E-state index is 13.7. The van der Waals surface area contributed by atoms with Gasteiger partial charge in [-0.2, -0.15) is 0 Å². The summed E-state index contributed by atoms with van der Waals surface area (Å²) in [4.78, 5) is 25.0. The highest BCUT2D eigenvalue weighted by Crippen LogP contribution is 2.48. The van der Waals surface area contributed by atoms with E-state index in [0.29, 0.717) is 18.5 Å². The second-order valence-corrected chi connectivity index (χ2v) is 6.81. The zero-order chi connectivity index (χ0) is 17.3. The van der Waals surface area contributed by atoms with E-state index in [1.807, 2.05) is 19.1 Å². The van der Waals surface area contributed by atoms with Gasteiger partial charge in [-0.25, -0.2) is 4.39 Å². The predicted molar refractivity (Wildman–Crippen MR) is 94.2 cm³/mol. The van der Waals surface area contributed by atoms with Crippen LogP contribution in [0.15, 0.2) is 46.9 Å². The van der Waals surface area contributed by atoms with Crippen LogP contribution in [0.5, 0.6) is 0 Å². The summed E-state index contributed by atoms with van der Waals surface area (Å²) >= 11 is 3.40. The second kappa shape index (κ2) is 6.36. The second-order valence-electron chi connectivity index (χ2n) is 5.95. The molecule has 0 atom stereocenters. The quantitative estimate of drug-likeness (QED) is 0.766. The van der Waals surface area contributed by atoms with Gasteiger partial charge in [0.05, 0.1) is 11.4 Å². The molecule has 2 amide bonds. The average Bonchev–Trinajstić information content (AvgIpc) is 3.34. The van der Waals surface area contributed by atoms with Crippen molar-refractivity contribution < 1.29 is 14.0 Å². The standard InChI is InChI=1S/C18H16BrFN2O2/c1-11-6-7-14(12(19)10-11)21-16(23)18(8-9-18)17(24)22-15-5-3-2-4-13(15)20/h2-7,10H,8-9H2,1H3,(H,21,23)(H,22,24). The third-order valence-electron chi connectivity index (χ3n) is 4.11. The van der Waals surface area contributed by atoms with Gasteiger partial charge in [0, 0.05) is 4.47 Å². The molecule has 1 aliphatic carbocycles. The Balaban J connectivity index is 1.74. The minimum Gasteiger partial charge on any atom is -0.324 e. The van der Waals surface area contributed by atoms with Crippen LogP contribution < -0.4 is 10.6 Å². The lowest BCUT2D eigenvalue weighted by Crippen LogP contribution is -2.36. The molecule has 1 aliphatic rings. The van der Waals surface area contributed by atoms with Crippen molar-refractivity contribution in [3.05, 3.63) is 58.3 Å². The third kappa shape index (κ3) is 3.19. The number of hydrogen-bond acceptors (Lipinski definition) is 2. The van der Waals surface area contributed by atoms with Gasteiger partial charge in [-0.05, 0) is 65.5 Å². The topological polar surface area (TPSA) is 58.2 Å². The van der Waals surface area contributed by atoms with Gasteiger partial charge in [0.2, 0.25) is 11.8 Å². The Kier molecular flexibility index (Phi) is 4.41. The van der Waals surface area contributed by atoms with Gasteiger partial charge < -0.3 is 10.6 Å². The van der Waals surface area contributed by atoms with Gasteiger partial charge in [0.15, 0.2) is 0 Å². The summed E-state index contributed by atoms with van der Waals surface area (Å²) in [7, 11) is 0. The Labute approximate surface area is 147 Å². The summed E-state index contributed by atoms with van der Waals surface area (Å²) in [5.74, 6) is -1.38. The summed E-state index contributed by atoms with van der Waals surface area (Å²) in [5.41, 5.74) is 0.610. The molecule has 6 heteroatoms. The first-order chi connectivity index (χ1) is 11.4. The van der Waals surface area contributed by atoms with E-state index in [-0.39, 0.29) is 11.6 Å². The van der Waals surface area contributed by atoms with Gasteiger partial charge in [0.25, 0.3) is 0 Å². The van der Waals surface area contributed by atoms with Crippen molar-refractivity contribution in [2.24, 2.45) is 5.41 Å². The molecule has 0 heterocycles. The summed E-state index contributed by atoms with van der Waals surface area (Å²) in [5, 5.41) is 5.30. The number of hydrogen-bond donors (Lipinski definition) is 2. The molecular formula is C18H16BrFN2O2. The third-order valence-corrected chi connectivity index (χ3v) is 4.77. The zero-order valence-electron chi connectivity index (χ0n) is 13.0.